The Labute approximate surface area is 149 Å². The molecule has 0 bridgehead atoms. The van der Waals surface area contributed by atoms with E-state index in [2.05, 4.69) is 9.47 Å². The molecule has 4 N–H and O–H groups in total. The SMILES string of the molecule is CCC(=O)N(N)c1cc2c(c(C(N)=O)c1C1CCCCC1)OC(F)(F)O2. The fraction of sp³-hybridized carbons (Fsp3) is 0.529. The van der Waals surface area contributed by atoms with Crippen LogP contribution in [0.25, 0.3) is 0 Å². The Morgan fingerprint density at radius 2 is 1.92 bits per heavy atom. The number of alkyl halides is 2. The molecule has 142 valence electrons. The minimum Gasteiger partial charge on any atom is -0.395 e. The zero-order chi connectivity index (χ0) is 19.1. The van der Waals surface area contributed by atoms with Gasteiger partial charge in [0.1, 0.15) is 0 Å². The molecule has 1 fully saturated rings. The molecule has 2 amide bonds. The molecule has 26 heavy (non-hydrogen) atoms. The quantitative estimate of drug-likeness (QED) is 0.482. The summed E-state index contributed by atoms with van der Waals surface area (Å²) >= 11 is 0. The van der Waals surface area contributed by atoms with Crippen LogP contribution in [0.5, 0.6) is 11.5 Å². The van der Waals surface area contributed by atoms with Crippen molar-refractivity contribution in [1.29, 1.82) is 0 Å². The van der Waals surface area contributed by atoms with Gasteiger partial charge in [0, 0.05) is 12.5 Å². The largest absolute Gasteiger partial charge is 0.586 e. The number of carbonyl (C=O) groups excluding carboxylic acids is 2. The minimum atomic E-state index is -3.91. The van der Waals surface area contributed by atoms with Gasteiger partial charge in [-0.15, -0.1) is 8.78 Å². The van der Waals surface area contributed by atoms with Crippen LogP contribution < -0.4 is 26.1 Å². The molecule has 1 aromatic rings. The van der Waals surface area contributed by atoms with Crippen molar-refractivity contribution in [3.05, 3.63) is 17.2 Å². The van der Waals surface area contributed by atoms with Crippen molar-refractivity contribution in [2.24, 2.45) is 11.6 Å². The van der Waals surface area contributed by atoms with Crippen LogP contribution in [0.2, 0.25) is 0 Å². The molecule has 0 aromatic heterocycles. The second-order valence-corrected chi connectivity index (χ2v) is 6.50. The van der Waals surface area contributed by atoms with Crippen LogP contribution in [0.15, 0.2) is 6.07 Å². The zero-order valence-corrected chi connectivity index (χ0v) is 14.4. The lowest BCUT2D eigenvalue weighted by Gasteiger charge is -2.29. The summed E-state index contributed by atoms with van der Waals surface area (Å²) in [7, 11) is 0. The number of hydrogen-bond donors (Lipinski definition) is 2. The van der Waals surface area contributed by atoms with Gasteiger partial charge < -0.3 is 15.2 Å². The third kappa shape index (κ3) is 3.18. The molecule has 0 atom stereocenters. The van der Waals surface area contributed by atoms with Gasteiger partial charge in [-0.1, -0.05) is 26.2 Å². The molecule has 1 aliphatic heterocycles. The van der Waals surface area contributed by atoms with Crippen LogP contribution in [0.1, 0.15) is 67.3 Å². The Morgan fingerprint density at radius 1 is 1.27 bits per heavy atom. The molecule has 7 nitrogen and oxygen atoms in total. The Kier molecular flexibility index (Phi) is 4.74. The highest BCUT2D eigenvalue weighted by Gasteiger charge is 2.47. The number of fused-ring (bicyclic) bond motifs is 1. The van der Waals surface area contributed by atoms with E-state index in [1.54, 1.807) is 6.92 Å². The highest BCUT2D eigenvalue weighted by atomic mass is 19.3. The van der Waals surface area contributed by atoms with Gasteiger partial charge >= 0.3 is 6.29 Å². The number of anilines is 1. The molecule has 0 radical (unpaired) electrons. The second-order valence-electron chi connectivity index (χ2n) is 6.50. The van der Waals surface area contributed by atoms with E-state index in [-0.39, 0.29) is 29.3 Å². The van der Waals surface area contributed by atoms with Gasteiger partial charge in [0.05, 0.1) is 11.3 Å². The van der Waals surface area contributed by atoms with Crippen LogP contribution in [-0.4, -0.2) is 18.1 Å². The van der Waals surface area contributed by atoms with Crippen molar-refractivity contribution in [2.75, 3.05) is 5.01 Å². The number of nitrogens with zero attached hydrogens (tertiary/aromatic N) is 1. The predicted molar refractivity (Wildman–Crippen MR) is 89.0 cm³/mol. The van der Waals surface area contributed by atoms with E-state index in [1.165, 1.54) is 6.07 Å². The van der Waals surface area contributed by atoms with Gasteiger partial charge in [-0.05, 0) is 24.3 Å². The molecule has 1 aromatic carbocycles. The first-order chi connectivity index (χ1) is 12.2. The van der Waals surface area contributed by atoms with E-state index < -0.39 is 23.9 Å². The van der Waals surface area contributed by atoms with E-state index in [1.807, 2.05) is 0 Å². The molecule has 1 heterocycles. The first kappa shape index (κ1) is 18.4. The number of benzene rings is 1. The molecule has 0 unspecified atom stereocenters. The van der Waals surface area contributed by atoms with Gasteiger partial charge in [0.25, 0.3) is 5.91 Å². The lowest BCUT2D eigenvalue weighted by molar-refractivity contribution is -0.286. The smallest absolute Gasteiger partial charge is 0.395 e. The molecule has 9 heteroatoms. The van der Waals surface area contributed by atoms with Crippen molar-refractivity contribution < 1.29 is 27.8 Å². The van der Waals surface area contributed by atoms with Crippen molar-refractivity contribution in [3.8, 4) is 11.5 Å². The summed E-state index contributed by atoms with van der Waals surface area (Å²) in [6.45, 7) is 1.62. The maximum atomic E-state index is 13.6. The summed E-state index contributed by atoms with van der Waals surface area (Å²) in [6, 6.07) is 1.22. The van der Waals surface area contributed by atoms with E-state index in [9.17, 15) is 18.4 Å². The number of primary amides is 1. The summed E-state index contributed by atoms with van der Waals surface area (Å²) in [4.78, 5) is 24.3. The molecule has 2 aliphatic rings. The van der Waals surface area contributed by atoms with Crippen LogP contribution in [0, 0.1) is 0 Å². The van der Waals surface area contributed by atoms with Crippen LogP contribution in [0.4, 0.5) is 14.5 Å². The zero-order valence-electron chi connectivity index (χ0n) is 14.4. The summed E-state index contributed by atoms with van der Waals surface area (Å²) in [5, 5.41) is 0.872. The molecule has 1 saturated carbocycles. The lowest BCUT2D eigenvalue weighted by atomic mass is 9.80. The average molecular weight is 369 g/mol. The van der Waals surface area contributed by atoms with Crippen molar-refractivity contribution in [2.45, 2.75) is 57.7 Å². The van der Waals surface area contributed by atoms with Gasteiger partial charge in [0.2, 0.25) is 5.91 Å². The first-order valence-corrected chi connectivity index (χ1v) is 8.59. The monoisotopic (exact) mass is 369 g/mol. The third-order valence-electron chi connectivity index (χ3n) is 4.80. The average Bonchev–Trinajstić information content (AvgIpc) is 2.92. The summed E-state index contributed by atoms with van der Waals surface area (Å²) < 4.78 is 36.2. The van der Waals surface area contributed by atoms with Gasteiger partial charge in [-0.3, -0.25) is 9.59 Å². The third-order valence-corrected chi connectivity index (χ3v) is 4.80. The van der Waals surface area contributed by atoms with E-state index in [4.69, 9.17) is 11.6 Å². The minimum absolute atomic E-state index is 0.108. The summed E-state index contributed by atoms with van der Waals surface area (Å²) in [5.41, 5.74) is 5.83. The Morgan fingerprint density at radius 3 is 2.50 bits per heavy atom. The highest BCUT2D eigenvalue weighted by Crippen LogP contribution is 2.51. The van der Waals surface area contributed by atoms with E-state index in [0.29, 0.717) is 5.56 Å². The van der Waals surface area contributed by atoms with Gasteiger partial charge in [0.15, 0.2) is 11.5 Å². The Bertz CT molecular complexity index is 748. The van der Waals surface area contributed by atoms with Crippen LogP contribution in [0.3, 0.4) is 0 Å². The normalized spacial score (nSPS) is 18.6. The molecular formula is C17H21F2N3O4. The molecule has 3 rings (SSSR count). The van der Waals surface area contributed by atoms with Crippen LogP contribution >= 0.6 is 0 Å². The molecular weight excluding hydrogens is 348 g/mol. The first-order valence-electron chi connectivity index (χ1n) is 8.59. The molecule has 0 saturated heterocycles. The molecule has 0 spiro atoms. The summed E-state index contributed by atoms with van der Waals surface area (Å²) in [6.07, 6.45) is 0.536. The van der Waals surface area contributed by atoms with Gasteiger partial charge in [-0.2, -0.15) is 0 Å². The van der Waals surface area contributed by atoms with Gasteiger partial charge in [-0.25, -0.2) is 10.9 Å². The topological polar surface area (TPSA) is 108 Å². The van der Waals surface area contributed by atoms with Crippen LogP contribution in [-0.2, 0) is 4.79 Å². The van der Waals surface area contributed by atoms with E-state index >= 15 is 0 Å². The highest BCUT2D eigenvalue weighted by molar-refractivity contribution is 6.03. The standard InChI is InChI=1S/C17H21F2N3O4/c1-2-12(23)22(21)10-8-11-15(26-17(18,19)25-11)14(16(20)24)13(10)9-6-4-3-5-7-9/h8-9H,2-7,21H2,1H3,(H2,20,24). The van der Waals surface area contributed by atoms with Crippen molar-refractivity contribution in [1.82, 2.24) is 0 Å². The van der Waals surface area contributed by atoms with Crippen molar-refractivity contribution >= 4 is 17.5 Å². The fourth-order valence-electron chi connectivity index (χ4n) is 3.64. The number of rotatable bonds is 4. The maximum absolute atomic E-state index is 13.6. The summed E-state index contributed by atoms with van der Waals surface area (Å²) in [5.74, 6) is 3.68. The number of ether oxygens (including phenoxy) is 2. The number of nitrogens with two attached hydrogens (primary N) is 2. The Balaban J connectivity index is 2.23. The van der Waals surface area contributed by atoms with E-state index in [0.717, 1.165) is 37.1 Å². The number of carbonyl (C=O) groups is 2. The number of hydrazine groups is 1. The second kappa shape index (κ2) is 6.71. The number of halogens is 2. The van der Waals surface area contributed by atoms with Crippen molar-refractivity contribution in [3.63, 3.8) is 0 Å². The lowest BCUT2D eigenvalue weighted by Crippen LogP contribution is -2.38. The molecule has 1 aliphatic carbocycles. The number of amides is 2. The Hall–Kier alpha value is -2.42. The predicted octanol–water partition coefficient (Wildman–Crippen LogP) is 2.77. The maximum Gasteiger partial charge on any atom is 0.586 e. The number of hydrogen-bond acceptors (Lipinski definition) is 5. The fourth-order valence-corrected chi connectivity index (χ4v) is 3.64.